The minimum absolute atomic E-state index is 0.0259. The van der Waals surface area contributed by atoms with E-state index in [4.69, 9.17) is 16.3 Å². The van der Waals surface area contributed by atoms with Crippen molar-refractivity contribution in [2.75, 3.05) is 6.54 Å². The van der Waals surface area contributed by atoms with Crippen molar-refractivity contribution in [1.29, 1.82) is 0 Å². The fourth-order valence-corrected chi connectivity index (χ4v) is 1.35. The van der Waals surface area contributed by atoms with Gasteiger partial charge in [0.2, 0.25) is 0 Å². The van der Waals surface area contributed by atoms with Crippen LogP contribution in [0.3, 0.4) is 0 Å². The molecule has 6 heteroatoms. The number of amides is 1. The van der Waals surface area contributed by atoms with E-state index in [1.165, 1.54) is 12.1 Å². The summed E-state index contributed by atoms with van der Waals surface area (Å²) in [5.74, 6) is 5.45. The Hall–Kier alpha value is -1.93. The number of carbonyl (C=O) groups excluding carboxylic acids is 1. The molecule has 0 saturated heterocycles. The highest BCUT2D eigenvalue weighted by Gasteiger charge is 2.15. The van der Waals surface area contributed by atoms with Gasteiger partial charge in [0.1, 0.15) is 16.5 Å². The van der Waals surface area contributed by atoms with Crippen LogP contribution in [-0.2, 0) is 4.74 Å². The summed E-state index contributed by atoms with van der Waals surface area (Å²) in [5, 5.41) is 12.3. The fraction of sp³-hybridized carbons (Fsp3) is 0.429. The second-order valence-corrected chi connectivity index (χ2v) is 5.37. The maximum absolute atomic E-state index is 11.3. The van der Waals surface area contributed by atoms with Crippen LogP contribution < -0.4 is 5.32 Å². The van der Waals surface area contributed by atoms with Gasteiger partial charge in [0.05, 0.1) is 0 Å². The molecule has 0 aromatic carbocycles. The lowest BCUT2D eigenvalue weighted by atomic mass is 10.2. The number of rotatable bonds is 2. The highest BCUT2D eigenvalue weighted by atomic mass is 35.5. The fourth-order valence-electron chi connectivity index (χ4n) is 1.21. The Kier molecular flexibility index (Phi) is 5.66. The molecule has 0 aliphatic heterocycles. The molecular weight excluding hydrogens is 280 g/mol. The molecule has 5 nitrogen and oxygen atoms in total. The Morgan fingerprint density at radius 1 is 1.50 bits per heavy atom. The van der Waals surface area contributed by atoms with Gasteiger partial charge in [-0.15, -0.1) is 0 Å². The molecule has 1 rings (SSSR count). The number of ether oxygens (including phenoxy) is 1. The summed E-state index contributed by atoms with van der Waals surface area (Å²) in [6.45, 7) is 5.73. The maximum atomic E-state index is 11.3. The summed E-state index contributed by atoms with van der Waals surface area (Å²) in [7, 11) is 0. The predicted molar refractivity (Wildman–Crippen MR) is 76.6 cm³/mol. The quantitative estimate of drug-likeness (QED) is 0.500. The first kappa shape index (κ1) is 16.1. The molecule has 108 valence electrons. The van der Waals surface area contributed by atoms with Crippen molar-refractivity contribution in [3.05, 3.63) is 23.0 Å². The van der Waals surface area contributed by atoms with E-state index in [-0.39, 0.29) is 16.6 Å². The molecule has 0 spiro atoms. The highest BCUT2D eigenvalue weighted by molar-refractivity contribution is 6.29. The van der Waals surface area contributed by atoms with Gasteiger partial charge in [-0.1, -0.05) is 17.5 Å². The number of hydrogen-bond donors (Lipinski definition) is 2. The number of nitrogens with one attached hydrogen (secondary N) is 1. The van der Waals surface area contributed by atoms with Gasteiger partial charge in [0, 0.05) is 13.0 Å². The Bertz CT molecular complexity index is 542. The Morgan fingerprint density at radius 2 is 2.20 bits per heavy atom. The number of aromatic nitrogens is 1. The zero-order valence-corrected chi connectivity index (χ0v) is 12.4. The lowest BCUT2D eigenvalue weighted by Crippen LogP contribution is -2.32. The van der Waals surface area contributed by atoms with E-state index in [1.54, 1.807) is 20.8 Å². The number of pyridine rings is 1. The van der Waals surface area contributed by atoms with Crippen LogP contribution in [0.15, 0.2) is 12.1 Å². The second kappa shape index (κ2) is 7.01. The van der Waals surface area contributed by atoms with Crippen molar-refractivity contribution >= 4 is 17.7 Å². The van der Waals surface area contributed by atoms with Gasteiger partial charge in [-0.2, -0.15) is 0 Å². The maximum Gasteiger partial charge on any atom is 0.407 e. The van der Waals surface area contributed by atoms with Gasteiger partial charge in [0.25, 0.3) is 0 Å². The second-order valence-electron chi connectivity index (χ2n) is 4.98. The van der Waals surface area contributed by atoms with E-state index in [2.05, 4.69) is 22.1 Å². The van der Waals surface area contributed by atoms with Gasteiger partial charge >= 0.3 is 6.09 Å². The highest BCUT2D eigenvalue weighted by Crippen LogP contribution is 2.16. The number of aromatic hydroxyl groups is 1. The summed E-state index contributed by atoms with van der Waals surface area (Å²) < 4.78 is 5.07. The smallest absolute Gasteiger partial charge is 0.407 e. The molecule has 2 N–H and O–H groups in total. The van der Waals surface area contributed by atoms with Crippen molar-refractivity contribution in [2.45, 2.75) is 32.8 Å². The molecule has 0 unspecified atom stereocenters. The topological polar surface area (TPSA) is 71.5 Å². The van der Waals surface area contributed by atoms with Crippen molar-refractivity contribution in [3.63, 3.8) is 0 Å². The molecule has 0 aliphatic carbocycles. The molecular formula is C14H17ClN2O3. The van der Waals surface area contributed by atoms with Crippen molar-refractivity contribution in [1.82, 2.24) is 10.3 Å². The molecule has 0 aliphatic rings. The summed E-state index contributed by atoms with van der Waals surface area (Å²) >= 11 is 5.70. The van der Waals surface area contributed by atoms with Gasteiger partial charge in [0.15, 0.2) is 5.69 Å². The zero-order chi connectivity index (χ0) is 15.2. The average Bonchev–Trinajstić information content (AvgIpc) is 2.30. The molecule has 0 radical (unpaired) electrons. The molecule has 0 atom stereocenters. The SMILES string of the molecule is CC(C)(C)OC(=O)NCCC#Cc1nc(Cl)ccc1O. The van der Waals surface area contributed by atoms with Crippen LogP contribution in [-0.4, -0.2) is 28.3 Å². The third kappa shape index (κ3) is 6.30. The molecule has 1 aromatic heterocycles. The molecule has 20 heavy (non-hydrogen) atoms. The minimum atomic E-state index is -0.522. The van der Waals surface area contributed by atoms with E-state index >= 15 is 0 Å². The third-order valence-electron chi connectivity index (χ3n) is 1.96. The molecule has 0 bridgehead atoms. The lowest BCUT2D eigenvalue weighted by molar-refractivity contribution is 0.0529. The summed E-state index contributed by atoms with van der Waals surface area (Å²) in [6.07, 6.45) is -0.0737. The van der Waals surface area contributed by atoms with Crippen LogP contribution in [0.2, 0.25) is 5.15 Å². The molecule has 1 amide bonds. The Morgan fingerprint density at radius 3 is 2.85 bits per heavy atom. The Balaban J connectivity index is 2.40. The molecule has 1 heterocycles. The zero-order valence-electron chi connectivity index (χ0n) is 11.7. The van der Waals surface area contributed by atoms with Gasteiger partial charge in [-0.05, 0) is 38.8 Å². The first-order valence-corrected chi connectivity index (χ1v) is 6.47. The molecule has 0 saturated carbocycles. The van der Waals surface area contributed by atoms with E-state index in [1.807, 2.05) is 0 Å². The van der Waals surface area contributed by atoms with E-state index < -0.39 is 11.7 Å². The van der Waals surface area contributed by atoms with Crippen LogP contribution in [0.1, 0.15) is 32.9 Å². The van der Waals surface area contributed by atoms with Gasteiger partial charge < -0.3 is 15.2 Å². The van der Waals surface area contributed by atoms with Crippen molar-refractivity contribution in [2.24, 2.45) is 0 Å². The predicted octanol–water partition coefficient (Wildman–Crippen LogP) is 2.71. The van der Waals surface area contributed by atoms with Crippen molar-refractivity contribution < 1.29 is 14.6 Å². The van der Waals surface area contributed by atoms with Crippen LogP contribution in [0.5, 0.6) is 5.75 Å². The first-order valence-electron chi connectivity index (χ1n) is 6.09. The summed E-state index contributed by atoms with van der Waals surface area (Å²) in [4.78, 5) is 15.2. The normalized spacial score (nSPS) is 10.4. The average molecular weight is 297 g/mol. The van der Waals surface area contributed by atoms with Crippen LogP contribution >= 0.6 is 11.6 Å². The van der Waals surface area contributed by atoms with Gasteiger partial charge in [-0.3, -0.25) is 0 Å². The number of alkyl carbamates (subject to hydrolysis) is 1. The van der Waals surface area contributed by atoms with E-state index in [0.717, 1.165) is 0 Å². The number of hydrogen-bond acceptors (Lipinski definition) is 4. The third-order valence-corrected chi connectivity index (χ3v) is 2.18. The number of halogens is 1. The standard InChI is InChI=1S/C14H17ClN2O3/c1-14(2,3)20-13(19)16-9-5-4-6-10-11(18)7-8-12(15)17-10/h7-8,18H,5,9H2,1-3H3,(H,16,19). The molecule has 1 aromatic rings. The van der Waals surface area contributed by atoms with Crippen molar-refractivity contribution in [3.8, 4) is 17.6 Å². The minimum Gasteiger partial charge on any atom is -0.505 e. The first-order chi connectivity index (χ1) is 9.28. The van der Waals surface area contributed by atoms with Crippen LogP contribution in [0.25, 0.3) is 0 Å². The number of nitrogens with zero attached hydrogens (tertiary/aromatic N) is 1. The number of carbonyl (C=O) groups is 1. The molecule has 0 fully saturated rings. The monoisotopic (exact) mass is 296 g/mol. The van der Waals surface area contributed by atoms with E-state index in [9.17, 15) is 9.90 Å². The lowest BCUT2D eigenvalue weighted by Gasteiger charge is -2.19. The van der Waals surface area contributed by atoms with E-state index in [0.29, 0.717) is 13.0 Å². The summed E-state index contributed by atoms with van der Waals surface area (Å²) in [5.41, 5.74) is -0.304. The van der Waals surface area contributed by atoms with Gasteiger partial charge in [-0.25, -0.2) is 9.78 Å². The summed E-state index contributed by atoms with van der Waals surface area (Å²) in [6, 6.07) is 2.91. The van der Waals surface area contributed by atoms with Crippen LogP contribution in [0.4, 0.5) is 4.79 Å². The largest absolute Gasteiger partial charge is 0.505 e. The Labute approximate surface area is 123 Å². The van der Waals surface area contributed by atoms with Crippen LogP contribution in [0, 0.1) is 11.8 Å².